The minimum atomic E-state index is -1.21. The highest BCUT2D eigenvalue weighted by Crippen LogP contribution is 2.20. The molecule has 0 bridgehead atoms. The summed E-state index contributed by atoms with van der Waals surface area (Å²) >= 11 is 5.58. The molecule has 2 aromatic carbocycles. The summed E-state index contributed by atoms with van der Waals surface area (Å²) in [6.45, 7) is -0.211. The van der Waals surface area contributed by atoms with Crippen molar-refractivity contribution in [2.24, 2.45) is 0 Å². The Morgan fingerprint density at radius 1 is 1.10 bits per heavy atom. The van der Waals surface area contributed by atoms with E-state index in [-0.39, 0.29) is 22.9 Å². The summed E-state index contributed by atoms with van der Waals surface area (Å²) < 4.78 is 43.8. The van der Waals surface area contributed by atoms with Gasteiger partial charge in [-0.1, -0.05) is 17.7 Å². The predicted molar refractivity (Wildman–Crippen MR) is 71.3 cm³/mol. The van der Waals surface area contributed by atoms with Gasteiger partial charge in [-0.2, -0.15) is 0 Å². The van der Waals surface area contributed by atoms with Gasteiger partial charge in [0.15, 0.2) is 11.6 Å². The third-order valence-electron chi connectivity index (χ3n) is 2.67. The maximum atomic E-state index is 13.1. The van der Waals surface area contributed by atoms with Crippen LogP contribution in [0.1, 0.15) is 15.9 Å². The summed E-state index contributed by atoms with van der Waals surface area (Å²) in [7, 11) is 0. The smallest absolute Gasteiger partial charge is 0.340 e. The molecule has 0 saturated heterocycles. The quantitative estimate of drug-likeness (QED) is 0.694. The van der Waals surface area contributed by atoms with Gasteiger partial charge in [-0.15, -0.1) is 0 Å². The second-order valence-corrected chi connectivity index (χ2v) is 4.59. The number of halogens is 4. The van der Waals surface area contributed by atoms with Crippen LogP contribution in [-0.4, -0.2) is 5.97 Å². The molecule has 0 atom stereocenters. The van der Waals surface area contributed by atoms with Crippen molar-refractivity contribution in [1.82, 2.24) is 0 Å². The molecular weight excluding hydrogens is 307 g/mol. The van der Waals surface area contributed by atoms with Crippen molar-refractivity contribution in [3.8, 4) is 0 Å². The standard InChI is InChI=1S/C14H9ClF3NO2/c15-9-3-7(1-2-10(9)16)6-21-14(20)8-4-11(17)12(18)5-13(8)19/h1-5H,6,19H2. The van der Waals surface area contributed by atoms with Crippen molar-refractivity contribution in [3.63, 3.8) is 0 Å². The van der Waals surface area contributed by atoms with Crippen molar-refractivity contribution in [2.45, 2.75) is 6.61 Å². The van der Waals surface area contributed by atoms with Gasteiger partial charge in [-0.3, -0.25) is 0 Å². The molecule has 0 spiro atoms. The third kappa shape index (κ3) is 3.46. The Kier molecular flexibility index (Phi) is 4.37. The van der Waals surface area contributed by atoms with E-state index in [2.05, 4.69) is 0 Å². The zero-order chi connectivity index (χ0) is 15.6. The zero-order valence-electron chi connectivity index (χ0n) is 10.5. The molecule has 0 aromatic heterocycles. The highest BCUT2D eigenvalue weighted by atomic mass is 35.5. The average Bonchev–Trinajstić information content (AvgIpc) is 2.44. The maximum Gasteiger partial charge on any atom is 0.340 e. The monoisotopic (exact) mass is 315 g/mol. The van der Waals surface area contributed by atoms with Crippen LogP contribution in [0, 0.1) is 17.5 Å². The first-order chi connectivity index (χ1) is 9.88. The Labute approximate surface area is 123 Å². The molecule has 2 N–H and O–H groups in total. The minimum absolute atomic E-state index is 0.115. The average molecular weight is 316 g/mol. The van der Waals surface area contributed by atoms with E-state index in [4.69, 9.17) is 22.1 Å². The van der Waals surface area contributed by atoms with Gasteiger partial charge in [0, 0.05) is 11.8 Å². The number of rotatable bonds is 3. The van der Waals surface area contributed by atoms with E-state index in [0.717, 1.165) is 6.07 Å². The number of nitrogen functional groups attached to an aromatic ring is 1. The topological polar surface area (TPSA) is 52.3 Å². The van der Waals surface area contributed by atoms with E-state index < -0.39 is 23.4 Å². The van der Waals surface area contributed by atoms with Gasteiger partial charge in [-0.05, 0) is 23.8 Å². The van der Waals surface area contributed by atoms with Crippen LogP contribution in [-0.2, 0) is 11.3 Å². The van der Waals surface area contributed by atoms with E-state index in [0.29, 0.717) is 17.7 Å². The first kappa shape index (κ1) is 15.2. The Morgan fingerprint density at radius 3 is 2.43 bits per heavy atom. The van der Waals surface area contributed by atoms with Gasteiger partial charge in [0.05, 0.1) is 10.6 Å². The molecule has 2 rings (SSSR count). The molecule has 21 heavy (non-hydrogen) atoms. The molecule has 7 heteroatoms. The van der Waals surface area contributed by atoms with E-state index >= 15 is 0 Å². The van der Waals surface area contributed by atoms with Crippen LogP contribution < -0.4 is 5.73 Å². The summed E-state index contributed by atoms with van der Waals surface area (Å²) in [5.74, 6) is -3.89. The summed E-state index contributed by atoms with van der Waals surface area (Å²) in [4.78, 5) is 11.8. The van der Waals surface area contributed by atoms with E-state index in [9.17, 15) is 18.0 Å². The van der Waals surface area contributed by atoms with E-state index in [1.165, 1.54) is 12.1 Å². The van der Waals surface area contributed by atoms with Crippen molar-refractivity contribution in [3.05, 3.63) is 63.9 Å². The molecule has 0 amide bonds. The lowest BCUT2D eigenvalue weighted by molar-refractivity contribution is 0.0473. The van der Waals surface area contributed by atoms with Gasteiger partial charge in [0.1, 0.15) is 12.4 Å². The fourth-order valence-electron chi connectivity index (χ4n) is 1.60. The number of esters is 1. The van der Waals surface area contributed by atoms with Crippen LogP contribution in [0.3, 0.4) is 0 Å². The fourth-order valence-corrected chi connectivity index (χ4v) is 1.80. The Hall–Kier alpha value is -2.21. The number of benzene rings is 2. The molecule has 0 aliphatic carbocycles. The summed E-state index contributed by atoms with van der Waals surface area (Å²) in [5, 5.41) is -0.115. The molecule has 0 radical (unpaired) electrons. The number of anilines is 1. The molecule has 0 aliphatic heterocycles. The van der Waals surface area contributed by atoms with E-state index in [1.54, 1.807) is 0 Å². The van der Waals surface area contributed by atoms with E-state index in [1.807, 2.05) is 0 Å². The molecule has 110 valence electrons. The lowest BCUT2D eigenvalue weighted by Crippen LogP contribution is -2.09. The van der Waals surface area contributed by atoms with Crippen molar-refractivity contribution in [1.29, 1.82) is 0 Å². The maximum absolute atomic E-state index is 13.1. The number of carbonyl (C=O) groups is 1. The van der Waals surface area contributed by atoms with Gasteiger partial charge in [0.25, 0.3) is 0 Å². The van der Waals surface area contributed by atoms with Gasteiger partial charge < -0.3 is 10.5 Å². The number of nitrogens with two attached hydrogens (primary N) is 1. The first-order valence-electron chi connectivity index (χ1n) is 5.74. The lowest BCUT2D eigenvalue weighted by atomic mass is 10.1. The molecule has 0 saturated carbocycles. The second kappa shape index (κ2) is 6.05. The van der Waals surface area contributed by atoms with Crippen LogP contribution in [0.2, 0.25) is 5.02 Å². The van der Waals surface area contributed by atoms with Crippen molar-refractivity contribution >= 4 is 23.3 Å². The van der Waals surface area contributed by atoms with Crippen molar-refractivity contribution < 1.29 is 22.7 Å². The predicted octanol–water partition coefficient (Wildman–Crippen LogP) is 3.70. The van der Waals surface area contributed by atoms with Crippen LogP contribution >= 0.6 is 11.6 Å². The SMILES string of the molecule is Nc1cc(F)c(F)cc1C(=O)OCc1ccc(F)c(Cl)c1. The number of ether oxygens (including phenoxy) is 1. The summed E-state index contributed by atoms with van der Waals surface area (Å²) in [6, 6.07) is 5.14. The zero-order valence-corrected chi connectivity index (χ0v) is 11.3. The van der Waals surface area contributed by atoms with Crippen LogP contribution in [0.15, 0.2) is 30.3 Å². The Balaban J connectivity index is 2.11. The van der Waals surface area contributed by atoms with Gasteiger partial charge >= 0.3 is 5.97 Å². The molecule has 2 aromatic rings. The number of hydrogen-bond acceptors (Lipinski definition) is 3. The Bertz CT molecular complexity index is 707. The second-order valence-electron chi connectivity index (χ2n) is 4.18. The number of hydrogen-bond donors (Lipinski definition) is 1. The highest BCUT2D eigenvalue weighted by Gasteiger charge is 2.16. The molecule has 0 aliphatic rings. The normalized spacial score (nSPS) is 10.5. The molecule has 3 nitrogen and oxygen atoms in total. The molecule has 0 unspecified atom stereocenters. The molecule has 0 heterocycles. The van der Waals surface area contributed by atoms with Crippen LogP contribution in [0.25, 0.3) is 0 Å². The van der Waals surface area contributed by atoms with Gasteiger partial charge in [0.2, 0.25) is 0 Å². The largest absolute Gasteiger partial charge is 0.457 e. The van der Waals surface area contributed by atoms with Gasteiger partial charge in [-0.25, -0.2) is 18.0 Å². The summed E-state index contributed by atoms with van der Waals surface area (Å²) in [6.07, 6.45) is 0. The molecular formula is C14H9ClF3NO2. The van der Waals surface area contributed by atoms with Crippen molar-refractivity contribution in [2.75, 3.05) is 5.73 Å². The first-order valence-corrected chi connectivity index (χ1v) is 6.12. The fraction of sp³-hybridized carbons (Fsp3) is 0.0714. The minimum Gasteiger partial charge on any atom is -0.457 e. The summed E-state index contributed by atoms with van der Waals surface area (Å²) in [5.41, 5.74) is 5.34. The van der Waals surface area contributed by atoms with Crippen LogP contribution in [0.4, 0.5) is 18.9 Å². The molecule has 0 fully saturated rings. The van der Waals surface area contributed by atoms with Crippen LogP contribution in [0.5, 0.6) is 0 Å². The number of carbonyl (C=O) groups excluding carboxylic acids is 1. The third-order valence-corrected chi connectivity index (χ3v) is 2.96. The Morgan fingerprint density at radius 2 is 1.76 bits per heavy atom. The lowest BCUT2D eigenvalue weighted by Gasteiger charge is -2.08. The highest BCUT2D eigenvalue weighted by molar-refractivity contribution is 6.30.